The summed E-state index contributed by atoms with van der Waals surface area (Å²) < 4.78 is 37.6. The zero-order valence-corrected chi connectivity index (χ0v) is 18.8. The first-order valence-electron chi connectivity index (χ1n) is 9.12. The minimum Gasteiger partial charge on any atom is -0.369 e. The fourth-order valence-corrected chi connectivity index (χ4v) is 3.88. The Kier molecular flexibility index (Phi) is 8.50. The second kappa shape index (κ2) is 10.2. The molecule has 158 valence electrons. The van der Waals surface area contributed by atoms with Crippen molar-refractivity contribution in [2.75, 3.05) is 44.7 Å². The number of benzene rings is 1. The highest BCUT2D eigenvalue weighted by Crippen LogP contribution is 2.23. The van der Waals surface area contributed by atoms with E-state index in [0.29, 0.717) is 30.5 Å². The van der Waals surface area contributed by atoms with Crippen LogP contribution < -0.4 is 15.5 Å². The highest BCUT2D eigenvalue weighted by molar-refractivity contribution is 14.0. The van der Waals surface area contributed by atoms with Gasteiger partial charge in [-0.25, -0.2) is 0 Å². The van der Waals surface area contributed by atoms with Crippen molar-refractivity contribution in [3.63, 3.8) is 0 Å². The summed E-state index contributed by atoms with van der Waals surface area (Å²) in [7, 11) is 1.68. The Morgan fingerprint density at radius 2 is 1.86 bits per heavy atom. The van der Waals surface area contributed by atoms with Crippen LogP contribution in [-0.4, -0.2) is 68.9 Å². The molecule has 2 aliphatic rings. The van der Waals surface area contributed by atoms with Gasteiger partial charge in [-0.15, -0.1) is 24.0 Å². The topological polar surface area (TPSA) is 42.9 Å². The number of anilines is 1. The van der Waals surface area contributed by atoms with Gasteiger partial charge in [0, 0.05) is 56.0 Å². The molecule has 0 aromatic heterocycles. The molecule has 10 heteroatoms. The Morgan fingerprint density at radius 3 is 2.50 bits per heavy atom. The van der Waals surface area contributed by atoms with Gasteiger partial charge < -0.3 is 15.5 Å². The Bertz CT molecular complexity index is 673. The first-order valence-corrected chi connectivity index (χ1v) is 9.49. The summed E-state index contributed by atoms with van der Waals surface area (Å²) in [6, 6.07) is 7.98. The van der Waals surface area contributed by atoms with Crippen LogP contribution in [0.5, 0.6) is 0 Å². The summed E-state index contributed by atoms with van der Waals surface area (Å²) in [6.07, 6.45) is -2.52. The minimum atomic E-state index is -4.15. The van der Waals surface area contributed by atoms with Crippen molar-refractivity contribution >= 4 is 47.2 Å². The molecule has 0 radical (unpaired) electrons. The van der Waals surface area contributed by atoms with Gasteiger partial charge in [0.15, 0.2) is 5.96 Å². The van der Waals surface area contributed by atoms with Gasteiger partial charge in [0.2, 0.25) is 0 Å². The van der Waals surface area contributed by atoms with E-state index < -0.39 is 12.7 Å². The third-order valence-corrected chi connectivity index (χ3v) is 5.18. The second-order valence-electron chi connectivity index (χ2n) is 7.11. The van der Waals surface area contributed by atoms with Gasteiger partial charge >= 0.3 is 6.18 Å². The summed E-state index contributed by atoms with van der Waals surface area (Å²) in [5.41, 5.74) is 1.09. The molecular formula is C18H26ClF3IN5. The number of alkyl halides is 3. The third-order valence-electron chi connectivity index (χ3n) is 4.94. The molecule has 2 N–H and O–H groups in total. The van der Waals surface area contributed by atoms with Crippen LogP contribution in [0.15, 0.2) is 29.3 Å². The number of likely N-dealkylation sites (tertiary alicyclic amines) is 1. The van der Waals surface area contributed by atoms with Crippen LogP contribution >= 0.6 is 35.6 Å². The number of hydrogen-bond acceptors (Lipinski definition) is 3. The molecule has 0 aliphatic carbocycles. The number of nitrogens with one attached hydrogen (secondary N) is 2. The van der Waals surface area contributed by atoms with Gasteiger partial charge in [0.05, 0.1) is 6.54 Å². The highest BCUT2D eigenvalue weighted by Gasteiger charge is 2.34. The van der Waals surface area contributed by atoms with E-state index in [1.165, 1.54) is 4.90 Å². The van der Waals surface area contributed by atoms with Crippen LogP contribution in [0.2, 0.25) is 5.02 Å². The van der Waals surface area contributed by atoms with E-state index in [-0.39, 0.29) is 36.1 Å². The van der Waals surface area contributed by atoms with Crippen LogP contribution in [-0.2, 0) is 0 Å². The van der Waals surface area contributed by atoms with E-state index in [1.807, 2.05) is 24.3 Å². The quantitative estimate of drug-likeness (QED) is 0.355. The summed E-state index contributed by atoms with van der Waals surface area (Å²) in [5, 5.41) is 7.37. The van der Waals surface area contributed by atoms with E-state index in [1.54, 1.807) is 7.05 Å². The van der Waals surface area contributed by atoms with E-state index in [0.717, 1.165) is 25.2 Å². The summed E-state index contributed by atoms with van der Waals surface area (Å²) in [4.78, 5) is 7.93. The molecule has 0 amide bonds. The summed E-state index contributed by atoms with van der Waals surface area (Å²) in [5.74, 6) is 0.645. The summed E-state index contributed by atoms with van der Waals surface area (Å²) >= 11 is 6.07. The van der Waals surface area contributed by atoms with Gasteiger partial charge in [0.1, 0.15) is 0 Å². The Hall–Kier alpha value is -0.940. The molecule has 2 aliphatic heterocycles. The highest BCUT2D eigenvalue weighted by atomic mass is 127. The molecule has 2 fully saturated rings. The second-order valence-corrected chi connectivity index (χ2v) is 7.54. The molecule has 2 heterocycles. The zero-order chi connectivity index (χ0) is 19.4. The molecule has 2 atom stereocenters. The van der Waals surface area contributed by atoms with Gasteiger partial charge in [0.25, 0.3) is 0 Å². The van der Waals surface area contributed by atoms with E-state index in [4.69, 9.17) is 11.6 Å². The molecule has 2 unspecified atom stereocenters. The maximum atomic E-state index is 12.5. The van der Waals surface area contributed by atoms with Crippen LogP contribution in [0.25, 0.3) is 0 Å². The average molecular weight is 532 g/mol. The number of aliphatic imine (C=N–C) groups is 1. The summed E-state index contributed by atoms with van der Waals surface area (Å²) in [6.45, 7) is 1.71. The number of hydrogen-bond donors (Lipinski definition) is 2. The Labute approximate surface area is 185 Å². The molecule has 1 aromatic carbocycles. The SMILES string of the molecule is CN=C(NC1CCN(CC(F)(F)F)C1)NC1CCN(c2cccc(Cl)c2)C1.I. The molecule has 28 heavy (non-hydrogen) atoms. The Balaban J connectivity index is 0.00000280. The maximum Gasteiger partial charge on any atom is 0.401 e. The molecule has 5 nitrogen and oxygen atoms in total. The van der Waals surface area contributed by atoms with Crippen LogP contribution in [0.4, 0.5) is 18.9 Å². The lowest BCUT2D eigenvalue weighted by Gasteiger charge is -2.23. The lowest BCUT2D eigenvalue weighted by Crippen LogP contribution is -2.49. The lowest BCUT2D eigenvalue weighted by atomic mass is 10.2. The zero-order valence-electron chi connectivity index (χ0n) is 15.7. The van der Waals surface area contributed by atoms with E-state index >= 15 is 0 Å². The minimum absolute atomic E-state index is 0. The van der Waals surface area contributed by atoms with Crippen LogP contribution in [0.3, 0.4) is 0 Å². The monoisotopic (exact) mass is 531 g/mol. The first-order chi connectivity index (χ1) is 12.8. The first kappa shape index (κ1) is 23.3. The van der Waals surface area contributed by atoms with Crippen LogP contribution in [0.1, 0.15) is 12.8 Å². The fourth-order valence-electron chi connectivity index (χ4n) is 3.69. The predicted octanol–water partition coefficient (Wildman–Crippen LogP) is 3.34. The lowest BCUT2D eigenvalue weighted by molar-refractivity contribution is -0.143. The van der Waals surface area contributed by atoms with Gasteiger partial charge in [-0.2, -0.15) is 13.2 Å². The van der Waals surface area contributed by atoms with Crippen molar-refractivity contribution in [3.8, 4) is 0 Å². The fraction of sp³-hybridized carbons (Fsp3) is 0.611. The van der Waals surface area contributed by atoms with Gasteiger partial charge in [-0.1, -0.05) is 17.7 Å². The van der Waals surface area contributed by atoms with Gasteiger partial charge in [-0.05, 0) is 31.0 Å². The van der Waals surface area contributed by atoms with Crippen molar-refractivity contribution in [2.45, 2.75) is 31.1 Å². The molecular weight excluding hydrogens is 506 g/mol. The number of halogens is 5. The largest absolute Gasteiger partial charge is 0.401 e. The predicted molar refractivity (Wildman–Crippen MR) is 118 cm³/mol. The van der Waals surface area contributed by atoms with Gasteiger partial charge in [-0.3, -0.25) is 9.89 Å². The molecule has 2 saturated heterocycles. The Morgan fingerprint density at radius 1 is 1.18 bits per heavy atom. The number of guanidine groups is 1. The number of rotatable bonds is 4. The van der Waals surface area contributed by atoms with Crippen molar-refractivity contribution in [1.82, 2.24) is 15.5 Å². The smallest absolute Gasteiger partial charge is 0.369 e. The standard InChI is InChI=1S/C18H25ClF3N5.HI/c1-23-17(24-14-5-7-26(10-14)12-18(20,21)22)25-15-6-8-27(11-15)16-4-2-3-13(19)9-16;/h2-4,9,14-15H,5-8,10-12H2,1H3,(H2,23,24,25);1H. The van der Waals surface area contributed by atoms with Crippen molar-refractivity contribution in [2.24, 2.45) is 4.99 Å². The van der Waals surface area contributed by atoms with Crippen molar-refractivity contribution in [1.29, 1.82) is 0 Å². The molecule has 0 spiro atoms. The normalized spacial score (nSPS) is 23.6. The average Bonchev–Trinajstić information content (AvgIpc) is 3.22. The third kappa shape index (κ3) is 6.84. The van der Waals surface area contributed by atoms with Crippen molar-refractivity contribution in [3.05, 3.63) is 29.3 Å². The van der Waals surface area contributed by atoms with Crippen molar-refractivity contribution < 1.29 is 13.2 Å². The maximum absolute atomic E-state index is 12.5. The van der Waals surface area contributed by atoms with Crippen LogP contribution in [0, 0.1) is 0 Å². The molecule has 0 saturated carbocycles. The molecule has 3 rings (SSSR count). The van der Waals surface area contributed by atoms with E-state index in [9.17, 15) is 13.2 Å². The molecule has 1 aromatic rings. The van der Waals surface area contributed by atoms with E-state index in [2.05, 4.69) is 20.5 Å². The number of nitrogens with zero attached hydrogens (tertiary/aromatic N) is 3. The molecule has 0 bridgehead atoms.